The predicted octanol–water partition coefficient (Wildman–Crippen LogP) is 5.02. The summed E-state index contributed by atoms with van der Waals surface area (Å²) in [6.07, 6.45) is 2.32. The Kier molecular flexibility index (Phi) is 4.07. The molecular formula is C18H20ClNO. The van der Waals surface area contributed by atoms with E-state index >= 15 is 0 Å². The van der Waals surface area contributed by atoms with Gasteiger partial charge in [0.15, 0.2) is 0 Å². The Balaban J connectivity index is 1.60. The molecule has 0 atom stereocenters. The maximum atomic E-state index is 5.99. The van der Waals surface area contributed by atoms with Crippen molar-refractivity contribution in [3.05, 3.63) is 58.6 Å². The average molecular weight is 302 g/mol. The summed E-state index contributed by atoms with van der Waals surface area (Å²) in [6, 6.07) is 15.0. The second-order valence-corrected chi connectivity index (χ2v) is 6.18. The molecule has 0 unspecified atom stereocenters. The van der Waals surface area contributed by atoms with E-state index in [0.29, 0.717) is 12.0 Å². The number of hydrogen-bond acceptors (Lipinski definition) is 2. The first-order valence-electron chi connectivity index (χ1n) is 7.32. The lowest BCUT2D eigenvalue weighted by Crippen LogP contribution is -2.34. The van der Waals surface area contributed by atoms with Gasteiger partial charge in [0.05, 0.1) is 7.11 Å². The number of aryl methyl sites for hydroxylation is 1. The number of ether oxygens (including phenoxy) is 1. The average Bonchev–Trinajstić information content (AvgIpc) is 2.44. The van der Waals surface area contributed by atoms with Crippen molar-refractivity contribution < 1.29 is 4.74 Å². The molecule has 2 nitrogen and oxygen atoms in total. The molecule has 2 aromatic carbocycles. The fourth-order valence-corrected chi connectivity index (χ4v) is 3.14. The Bertz CT molecular complexity index is 635. The van der Waals surface area contributed by atoms with Crippen molar-refractivity contribution >= 4 is 17.3 Å². The van der Waals surface area contributed by atoms with E-state index in [0.717, 1.165) is 23.6 Å². The summed E-state index contributed by atoms with van der Waals surface area (Å²) in [7, 11) is 1.72. The van der Waals surface area contributed by atoms with E-state index < -0.39 is 0 Å². The first kappa shape index (κ1) is 14.3. The Morgan fingerprint density at radius 3 is 2.67 bits per heavy atom. The van der Waals surface area contributed by atoms with Crippen molar-refractivity contribution in [2.24, 2.45) is 0 Å². The Morgan fingerprint density at radius 2 is 1.95 bits per heavy atom. The van der Waals surface area contributed by atoms with Gasteiger partial charge in [-0.3, -0.25) is 0 Å². The van der Waals surface area contributed by atoms with Gasteiger partial charge < -0.3 is 10.1 Å². The minimum absolute atomic E-state index is 0.543. The van der Waals surface area contributed by atoms with Gasteiger partial charge in [0.1, 0.15) is 5.75 Å². The van der Waals surface area contributed by atoms with Gasteiger partial charge in [0.2, 0.25) is 0 Å². The summed E-state index contributed by atoms with van der Waals surface area (Å²) in [5.74, 6) is 1.57. The number of benzene rings is 2. The zero-order valence-electron chi connectivity index (χ0n) is 12.4. The second kappa shape index (κ2) is 5.98. The van der Waals surface area contributed by atoms with Crippen LogP contribution in [-0.2, 0) is 0 Å². The lowest BCUT2D eigenvalue weighted by Gasteiger charge is -2.37. The van der Waals surface area contributed by atoms with Crippen LogP contribution >= 0.6 is 11.6 Å². The van der Waals surface area contributed by atoms with E-state index in [-0.39, 0.29) is 0 Å². The van der Waals surface area contributed by atoms with Crippen LogP contribution in [0.15, 0.2) is 42.5 Å². The molecule has 0 heterocycles. The number of halogens is 1. The highest BCUT2D eigenvalue weighted by Crippen LogP contribution is 2.39. The second-order valence-electron chi connectivity index (χ2n) is 5.75. The highest BCUT2D eigenvalue weighted by molar-refractivity contribution is 6.30. The third-order valence-corrected chi connectivity index (χ3v) is 4.49. The van der Waals surface area contributed by atoms with Gasteiger partial charge in [-0.15, -0.1) is 0 Å². The Labute approximate surface area is 131 Å². The quantitative estimate of drug-likeness (QED) is 0.856. The van der Waals surface area contributed by atoms with Gasteiger partial charge in [-0.1, -0.05) is 23.7 Å². The standard InChI is InChI=1S/C18H20ClNO/c1-12-8-15(19)6-7-18(12)20-16-9-14(10-16)13-4-3-5-17(11-13)21-2/h3-8,11,14,16,20H,9-10H2,1-2H3. The largest absolute Gasteiger partial charge is 0.497 e. The van der Waals surface area contributed by atoms with E-state index in [1.165, 1.54) is 16.8 Å². The molecule has 0 amide bonds. The van der Waals surface area contributed by atoms with Crippen molar-refractivity contribution in [1.29, 1.82) is 0 Å². The molecule has 21 heavy (non-hydrogen) atoms. The highest BCUT2D eigenvalue weighted by Gasteiger charge is 2.30. The number of nitrogens with one attached hydrogen (secondary N) is 1. The van der Waals surface area contributed by atoms with Crippen LogP contribution < -0.4 is 10.1 Å². The maximum Gasteiger partial charge on any atom is 0.119 e. The van der Waals surface area contributed by atoms with Crippen LogP contribution in [0.4, 0.5) is 5.69 Å². The molecule has 0 radical (unpaired) electrons. The van der Waals surface area contributed by atoms with Crippen molar-refractivity contribution in [1.82, 2.24) is 0 Å². The Morgan fingerprint density at radius 1 is 1.14 bits per heavy atom. The molecule has 0 spiro atoms. The van der Waals surface area contributed by atoms with E-state index in [1.807, 2.05) is 18.2 Å². The minimum atomic E-state index is 0.543. The SMILES string of the molecule is COc1cccc(C2CC(Nc3ccc(Cl)cc3C)C2)c1. The number of hydrogen-bond donors (Lipinski definition) is 1. The van der Waals surface area contributed by atoms with Gasteiger partial charge in [-0.2, -0.15) is 0 Å². The van der Waals surface area contributed by atoms with Crippen molar-refractivity contribution in [2.75, 3.05) is 12.4 Å². The van der Waals surface area contributed by atoms with Crippen LogP contribution in [0.3, 0.4) is 0 Å². The molecule has 3 heteroatoms. The molecule has 1 saturated carbocycles. The number of rotatable bonds is 4. The molecule has 3 rings (SSSR count). The molecule has 2 aromatic rings. The monoisotopic (exact) mass is 301 g/mol. The van der Waals surface area contributed by atoms with Crippen molar-refractivity contribution in [3.63, 3.8) is 0 Å². The van der Waals surface area contributed by atoms with Gasteiger partial charge in [-0.05, 0) is 67.1 Å². The third kappa shape index (κ3) is 3.16. The van der Waals surface area contributed by atoms with Crippen LogP contribution in [0.5, 0.6) is 5.75 Å². The molecule has 0 aromatic heterocycles. The normalized spacial score (nSPS) is 20.7. The van der Waals surface area contributed by atoms with Crippen molar-refractivity contribution in [3.8, 4) is 5.75 Å². The van der Waals surface area contributed by atoms with Crippen LogP contribution in [0.2, 0.25) is 5.02 Å². The molecule has 1 N–H and O–H groups in total. The molecule has 1 aliphatic carbocycles. The molecule has 110 valence electrons. The minimum Gasteiger partial charge on any atom is -0.497 e. The smallest absolute Gasteiger partial charge is 0.119 e. The van der Waals surface area contributed by atoms with E-state index in [9.17, 15) is 0 Å². The number of anilines is 1. The third-order valence-electron chi connectivity index (χ3n) is 4.25. The van der Waals surface area contributed by atoms with Gasteiger partial charge >= 0.3 is 0 Å². The summed E-state index contributed by atoms with van der Waals surface area (Å²) in [5, 5.41) is 4.40. The molecule has 0 saturated heterocycles. The molecule has 0 bridgehead atoms. The van der Waals surface area contributed by atoms with Gasteiger partial charge in [0, 0.05) is 16.8 Å². The van der Waals surface area contributed by atoms with E-state index in [4.69, 9.17) is 16.3 Å². The fraction of sp³-hybridized carbons (Fsp3) is 0.333. The first-order chi connectivity index (χ1) is 10.2. The van der Waals surface area contributed by atoms with Crippen molar-refractivity contribution in [2.45, 2.75) is 31.7 Å². The summed E-state index contributed by atoms with van der Waals surface area (Å²) >= 11 is 5.99. The highest BCUT2D eigenvalue weighted by atomic mass is 35.5. The lowest BCUT2D eigenvalue weighted by molar-refractivity contribution is 0.370. The zero-order valence-corrected chi connectivity index (χ0v) is 13.2. The Hall–Kier alpha value is -1.67. The fourth-order valence-electron chi connectivity index (χ4n) is 2.91. The summed E-state index contributed by atoms with van der Waals surface area (Å²) in [4.78, 5) is 0. The predicted molar refractivity (Wildman–Crippen MR) is 88.6 cm³/mol. The van der Waals surface area contributed by atoms with Gasteiger partial charge in [-0.25, -0.2) is 0 Å². The van der Waals surface area contributed by atoms with E-state index in [2.05, 4.69) is 36.5 Å². The molecule has 0 aliphatic heterocycles. The van der Waals surface area contributed by atoms with Gasteiger partial charge in [0.25, 0.3) is 0 Å². The van der Waals surface area contributed by atoms with Crippen LogP contribution in [0, 0.1) is 6.92 Å². The lowest BCUT2D eigenvalue weighted by atomic mass is 9.75. The first-order valence-corrected chi connectivity index (χ1v) is 7.70. The summed E-state index contributed by atoms with van der Waals surface area (Å²) in [6.45, 7) is 2.09. The number of methoxy groups -OCH3 is 1. The van der Waals surface area contributed by atoms with Crippen LogP contribution in [0.1, 0.15) is 29.9 Å². The topological polar surface area (TPSA) is 21.3 Å². The summed E-state index contributed by atoms with van der Waals surface area (Å²) in [5.41, 5.74) is 3.76. The zero-order chi connectivity index (χ0) is 14.8. The molecule has 1 fully saturated rings. The van der Waals surface area contributed by atoms with E-state index in [1.54, 1.807) is 7.11 Å². The molecule has 1 aliphatic rings. The summed E-state index contributed by atoms with van der Waals surface area (Å²) < 4.78 is 5.29. The van der Waals surface area contributed by atoms with Crippen LogP contribution in [-0.4, -0.2) is 13.2 Å². The maximum absolute atomic E-state index is 5.99. The van der Waals surface area contributed by atoms with Crippen LogP contribution in [0.25, 0.3) is 0 Å². The molecular weight excluding hydrogens is 282 g/mol.